The molecule has 150 valence electrons. The summed E-state index contributed by atoms with van der Waals surface area (Å²) in [6.07, 6.45) is 0.427. The van der Waals surface area contributed by atoms with Crippen molar-refractivity contribution in [2.24, 2.45) is 0 Å². The molecule has 6 nitrogen and oxygen atoms in total. The van der Waals surface area contributed by atoms with Crippen LogP contribution in [0.4, 0.5) is 4.79 Å². The monoisotopic (exact) mass is 393 g/mol. The Labute approximate surface area is 169 Å². The number of benzene rings is 2. The number of aliphatic hydroxyl groups excluding tert-OH is 1. The summed E-state index contributed by atoms with van der Waals surface area (Å²) in [4.78, 5) is 24.0. The van der Waals surface area contributed by atoms with Crippen LogP contribution in [-0.4, -0.2) is 36.4 Å². The van der Waals surface area contributed by atoms with Crippen molar-refractivity contribution >= 4 is 12.1 Å². The molecule has 2 aromatic carbocycles. The number of ether oxygens (including phenoxy) is 2. The summed E-state index contributed by atoms with van der Waals surface area (Å²) in [5.41, 5.74) is 4.45. The molecular weight excluding hydrogens is 370 g/mol. The SMILES string of the molecule is C=CCOC(=O)CC(NC(=O)OCC1c2ccccc2-c2ccccc21)C(=C)O. The molecule has 0 heterocycles. The Balaban J connectivity index is 1.63. The van der Waals surface area contributed by atoms with E-state index in [0.29, 0.717) is 0 Å². The minimum Gasteiger partial charge on any atom is -0.511 e. The molecule has 0 aromatic heterocycles. The molecule has 0 radical (unpaired) electrons. The normalized spacial score (nSPS) is 13.0. The number of hydrogen-bond donors (Lipinski definition) is 2. The van der Waals surface area contributed by atoms with Gasteiger partial charge in [0.2, 0.25) is 0 Å². The number of amides is 1. The Morgan fingerprint density at radius 1 is 1.07 bits per heavy atom. The van der Waals surface area contributed by atoms with Gasteiger partial charge in [-0.3, -0.25) is 4.79 Å². The van der Waals surface area contributed by atoms with E-state index in [4.69, 9.17) is 9.47 Å². The fourth-order valence-corrected chi connectivity index (χ4v) is 3.41. The highest BCUT2D eigenvalue weighted by Gasteiger charge is 2.29. The van der Waals surface area contributed by atoms with Gasteiger partial charge in [0.15, 0.2) is 0 Å². The van der Waals surface area contributed by atoms with E-state index >= 15 is 0 Å². The van der Waals surface area contributed by atoms with Crippen LogP contribution in [0.25, 0.3) is 11.1 Å². The van der Waals surface area contributed by atoms with Gasteiger partial charge in [-0.1, -0.05) is 67.8 Å². The molecule has 0 spiro atoms. The van der Waals surface area contributed by atoms with Crippen molar-refractivity contribution in [3.63, 3.8) is 0 Å². The summed E-state index contributed by atoms with van der Waals surface area (Å²) in [5, 5.41) is 12.1. The maximum absolute atomic E-state index is 12.3. The molecular formula is C23H23NO5. The molecule has 6 heteroatoms. The van der Waals surface area contributed by atoms with E-state index in [-0.39, 0.29) is 31.3 Å². The predicted molar refractivity (Wildman–Crippen MR) is 110 cm³/mol. The average Bonchev–Trinajstić information content (AvgIpc) is 3.04. The first-order chi connectivity index (χ1) is 14.0. The molecule has 0 bridgehead atoms. The highest BCUT2D eigenvalue weighted by molar-refractivity contribution is 5.79. The first-order valence-corrected chi connectivity index (χ1v) is 9.27. The van der Waals surface area contributed by atoms with Gasteiger partial charge in [-0.25, -0.2) is 4.79 Å². The molecule has 1 aliphatic carbocycles. The number of hydrogen-bond acceptors (Lipinski definition) is 5. The minimum atomic E-state index is -0.997. The van der Waals surface area contributed by atoms with Crippen molar-refractivity contribution in [2.45, 2.75) is 18.4 Å². The molecule has 0 aliphatic heterocycles. The second-order valence-corrected chi connectivity index (χ2v) is 6.69. The van der Waals surface area contributed by atoms with Crippen LogP contribution in [0.2, 0.25) is 0 Å². The van der Waals surface area contributed by atoms with Gasteiger partial charge >= 0.3 is 12.1 Å². The second kappa shape index (κ2) is 9.10. The third kappa shape index (κ3) is 4.66. The van der Waals surface area contributed by atoms with E-state index in [9.17, 15) is 14.7 Å². The Morgan fingerprint density at radius 2 is 1.66 bits per heavy atom. The number of esters is 1. The van der Waals surface area contributed by atoms with Gasteiger partial charge in [-0.2, -0.15) is 0 Å². The lowest BCUT2D eigenvalue weighted by Gasteiger charge is -2.18. The van der Waals surface area contributed by atoms with E-state index in [2.05, 4.69) is 30.6 Å². The maximum atomic E-state index is 12.3. The zero-order valence-electron chi connectivity index (χ0n) is 16.0. The summed E-state index contributed by atoms with van der Waals surface area (Å²) in [6, 6.07) is 15.0. The number of carbonyl (C=O) groups is 2. The first-order valence-electron chi connectivity index (χ1n) is 9.27. The van der Waals surface area contributed by atoms with Gasteiger partial charge in [0, 0.05) is 5.92 Å². The van der Waals surface area contributed by atoms with Crippen LogP contribution >= 0.6 is 0 Å². The number of carbonyl (C=O) groups excluding carboxylic acids is 2. The van der Waals surface area contributed by atoms with Crippen molar-refractivity contribution in [2.75, 3.05) is 13.2 Å². The van der Waals surface area contributed by atoms with Crippen LogP contribution in [-0.2, 0) is 14.3 Å². The third-order valence-corrected chi connectivity index (χ3v) is 4.77. The summed E-state index contributed by atoms with van der Waals surface area (Å²) in [5.74, 6) is -1.03. The molecule has 0 saturated heterocycles. The molecule has 0 fully saturated rings. The molecule has 3 rings (SSSR count). The zero-order valence-corrected chi connectivity index (χ0v) is 16.0. The van der Waals surface area contributed by atoms with Crippen LogP contribution in [0.1, 0.15) is 23.5 Å². The summed E-state index contributed by atoms with van der Waals surface area (Å²) in [6.45, 7) is 7.03. The fraction of sp³-hybridized carbons (Fsp3) is 0.217. The molecule has 1 aliphatic rings. The van der Waals surface area contributed by atoms with Gasteiger partial charge in [-0.05, 0) is 22.3 Å². The largest absolute Gasteiger partial charge is 0.511 e. The van der Waals surface area contributed by atoms with Crippen LogP contribution in [0.5, 0.6) is 0 Å². The van der Waals surface area contributed by atoms with Gasteiger partial charge < -0.3 is 19.9 Å². The summed E-state index contributed by atoms with van der Waals surface area (Å²) >= 11 is 0. The smallest absolute Gasteiger partial charge is 0.407 e. The van der Waals surface area contributed by atoms with Gasteiger partial charge in [0.25, 0.3) is 0 Å². The Hall–Kier alpha value is -3.54. The van der Waals surface area contributed by atoms with Crippen LogP contribution in [0, 0.1) is 0 Å². The lowest BCUT2D eigenvalue weighted by atomic mass is 9.98. The van der Waals surface area contributed by atoms with Gasteiger partial charge in [0.05, 0.1) is 12.5 Å². The minimum absolute atomic E-state index is 0.0500. The lowest BCUT2D eigenvalue weighted by molar-refractivity contribution is -0.142. The van der Waals surface area contributed by atoms with Crippen LogP contribution in [0.3, 0.4) is 0 Å². The molecule has 1 unspecified atom stereocenters. The average molecular weight is 393 g/mol. The number of nitrogens with one attached hydrogen (secondary N) is 1. The fourth-order valence-electron chi connectivity index (χ4n) is 3.41. The van der Waals surface area contributed by atoms with Crippen molar-refractivity contribution in [1.82, 2.24) is 5.32 Å². The first kappa shape index (κ1) is 20.2. The van der Waals surface area contributed by atoms with Crippen molar-refractivity contribution < 1.29 is 24.2 Å². The molecule has 1 atom stereocenters. The third-order valence-electron chi connectivity index (χ3n) is 4.77. The molecule has 2 N–H and O–H groups in total. The number of aliphatic hydroxyl groups is 1. The van der Waals surface area contributed by atoms with E-state index in [1.165, 1.54) is 6.08 Å². The second-order valence-electron chi connectivity index (χ2n) is 6.69. The van der Waals surface area contributed by atoms with Crippen LogP contribution in [0.15, 0.2) is 73.5 Å². The highest BCUT2D eigenvalue weighted by atomic mass is 16.5. The summed E-state index contributed by atoms with van der Waals surface area (Å²) in [7, 11) is 0. The maximum Gasteiger partial charge on any atom is 0.407 e. The number of rotatable bonds is 8. The van der Waals surface area contributed by atoms with Gasteiger partial charge in [0.1, 0.15) is 19.0 Å². The van der Waals surface area contributed by atoms with E-state index in [1.54, 1.807) is 0 Å². The summed E-state index contributed by atoms with van der Waals surface area (Å²) < 4.78 is 10.3. The quantitative estimate of drug-likeness (QED) is 0.401. The molecule has 1 amide bonds. The number of fused-ring (bicyclic) bond motifs is 3. The van der Waals surface area contributed by atoms with E-state index in [0.717, 1.165) is 22.3 Å². The van der Waals surface area contributed by atoms with Crippen molar-refractivity contribution in [3.8, 4) is 11.1 Å². The predicted octanol–water partition coefficient (Wildman–Crippen LogP) is 4.08. The topological polar surface area (TPSA) is 84.9 Å². The molecule has 2 aromatic rings. The van der Waals surface area contributed by atoms with E-state index in [1.807, 2.05) is 36.4 Å². The Morgan fingerprint density at radius 3 is 2.21 bits per heavy atom. The zero-order chi connectivity index (χ0) is 20.8. The highest BCUT2D eigenvalue weighted by Crippen LogP contribution is 2.44. The lowest BCUT2D eigenvalue weighted by Crippen LogP contribution is -2.39. The van der Waals surface area contributed by atoms with E-state index < -0.39 is 18.1 Å². The Kier molecular flexibility index (Phi) is 6.34. The molecule has 29 heavy (non-hydrogen) atoms. The van der Waals surface area contributed by atoms with Gasteiger partial charge in [-0.15, -0.1) is 0 Å². The Bertz CT molecular complexity index is 891. The number of alkyl carbamates (subject to hydrolysis) is 1. The molecule has 0 saturated carbocycles. The van der Waals surface area contributed by atoms with Crippen LogP contribution < -0.4 is 5.32 Å². The van der Waals surface area contributed by atoms with Crippen molar-refractivity contribution in [1.29, 1.82) is 0 Å². The van der Waals surface area contributed by atoms with Crippen molar-refractivity contribution in [3.05, 3.63) is 84.7 Å². The standard InChI is InChI=1S/C23H23NO5/c1-3-12-28-22(26)13-21(15(2)25)24-23(27)29-14-20-18-10-6-4-8-16(18)17-9-5-7-11-19(17)20/h3-11,20-21,25H,1-2,12-14H2,(H,24,27).